The molecule has 5 heteroatoms. The maximum absolute atomic E-state index is 13.3. The summed E-state index contributed by atoms with van der Waals surface area (Å²) in [5.41, 5.74) is 6.43. The molecule has 0 spiro atoms. The molecule has 0 radical (unpaired) electrons. The molecule has 0 fully saturated rings. The van der Waals surface area contributed by atoms with E-state index in [0.717, 1.165) is 23.3 Å². The molecule has 0 saturated carbocycles. The zero-order chi connectivity index (χ0) is 20.5. The Bertz CT molecular complexity index is 1140. The highest BCUT2D eigenvalue weighted by molar-refractivity contribution is 5.78. The molecule has 0 unspecified atom stereocenters. The van der Waals surface area contributed by atoms with E-state index < -0.39 is 0 Å². The molecule has 2 aromatic heterocycles. The summed E-state index contributed by atoms with van der Waals surface area (Å²) in [6.07, 6.45) is 3.15. The van der Waals surface area contributed by atoms with Crippen LogP contribution in [-0.4, -0.2) is 31.9 Å². The molecule has 30 heavy (non-hydrogen) atoms. The Morgan fingerprint density at radius 3 is 2.37 bits per heavy atom. The van der Waals surface area contributed by atoms with Crippen LogP contribution in [0.4, 0.5) is 0 Å². The maximum Gasteiger partial charge on any atom is 0.223 e. The molecule has 5 nitrogen and oxygen atoms in total. The van der Waals surface area contributed by atoms with Crippen LogP contribution in [0.15, 0.2) is 72.9 Å². The average Bonchev–Trinajstić information content (AvgIpc) is 3.19. The first-order valence-electron chi connectivity index (χ1n) is 10.4. The van der Waals surface area contributed by atoms with Crippen molar-refractivity contribution < 1.29 is 4.79 Å². The van der Waals surface area contributed by atoms with Crippen LogP contribution in [0.1, 0.15) is 40.4 Å². The Balaban J connectivity index is 1.39. The molecule has 1 aliphatic heterocycles. The predicted molar refractivity (Wildman–Crippen MR) is 116 cm³/mol. The lowest BCUT2D eigenvalue weighted by Crippen LogP contribution is -2.37. The van der Waals surface area contributed by atoms with Crippen LogP contribution in [0.2, 0.25) is 0 Å². The van der Waals surface area contributed by atoms with Crippen LogP contribution in [0.25, 0.3) is 5.65 Å². The van der Waals surface area contributed by atoms with Crippen molar-refractivity contribution in [3.8, 4) is 0 Å². The standard InChI is InChI=1S/C25H24N4O/c1-18-14-24-26-16-21-17-28(13-12-23(21)29(24)27-18)25(30)15-22(19-8-4-2-5-9-19)20-10-6-3-7-11-20/h2-11,14,16,22H,12-13,15,17H2,1H3. The van der Waals surface area contributed by atoms with Crippen molar-refractivity contribution in [1.29, 1.82) is 0 Å². The quantitative estimate of drug-likeness (QED) is 0.521. The summed E-state index contributed by atoms with van der Waals surface area (Å²) in [6.45, 7) is 3.28. The van der Waals surface area contributed by atoms with Gasteiger partial charge in [-0.2, -0.15) is 5.10 Å². The molecule has 0 aliphatic carbocycles. The van der Waals surface area contributed by atoms with Crippen LogP contribution in [0.3, 0.4) is 0 Å². The number of benzene rings is 2. The van der Waals surface area contributed by atoms with E-state index >= 15 is 0 Å². The smallest absolute Gasteiger partial charge is 0.223 e. The van der Waals surface area contributed by atoms with Crippen molar-refractivity contribution in [3.05, 3.63) is 101 Å². The SMILES string of the molecule is Cc1cc2ncc3c(n2n1)CCN(C(=O)CC(c1ccccc1)c1ccccc1)C3. The van der Waals surface area contributed by atoms with Gasteiger partial charge >= 0.3 is 0 Å². The molecule has 0 N–H and O–H groups in total. The fourth-order valence-corrected chi connectivity index (χ4v) is 4.37. The fourth-order valence-electron chi connectivity index (χ4n) is 4.37. The summed E-state index contributed by atoms with van der Waals surface area (Å²) >= 11 is 0. The molecule has 0 bridgehead atoms. The van der Waals surface area contributed by atoms with Gasteiger partial charge < -0.3 is 4.90 Å². The first kappa shape index (κ1) is 18.6. The van der Waals surface area contributed by atoms with E-state index in [1.807, 2.05) is 65.0 Å². The lowest BCUT2D eigenvalue weighted by atomic mass is 9.88. The van der Waals surface area contributed by atoms with Crippen LogP contribution in [0, 0.1) is 6.92 Å². The third kappa shape index (κ3) is 3.47. The Kier molecular flexibility index (Phi) is 4.79. The molecule has 3 heterocycles. The summed E-state index contributed by atoms with van der Waals surface area (Å²) in [7, 11) is 0. The summed E-state index contributed by atoms with van der Waals surface area (Å²) < 4.78 is 1.93. The van der Waals surface area contributed by atoms with E-state index in [1.165, 1.54) is 16.8 Å². The zero-order valence-electron chi connectivity index (χ0n) is 17.0. The van der Waals surface area contributed by atoms with Gasteiger partial charge in [-0.05, 0) is 18.1 Å². The van der Waals surface area contributed by atoms with Crippen molar-refractivity contribution in [2.45, 2.75) is 32.2 Å². The number of aromatic nitrogens is 3. The fraction of sp³-hybridized carbons (Fsp3) is 0.240. The first-order chi connectivity index (χ1) is 14.7. The Morgan fingerprint density at radius 2 is 1.70 bits per heavy atom. The normalized spacial score (nSPS) is 13.6. The highest BCUT2D eigenvalue weighted by atomic mass is 16.2. The highest BCUT2D eigenvalue weighted by Crippen LogP contribution is 2.30. The van der Waals surface area contributed by atoms with Crippen molar-refractivity contribution in [2.75, 3.05) is 6.54 Å². The summed E-state index contributed by atoms with van der Waals surface area (Å²) in [5.74, 6) is 0.228. The molecule has 5 rings (SSSR count). The Hall–Kier alpha value is -3.47. The number of hydrogen-bond acceptors (Lipinski definition) is 3. The van der Waals surface area contributed by atoms with Gasteiger partial charge in [-0.1, -0.05) is 60.7 Å². The van der Waals surface area contributed by atoms with Gasteiger partial charge in [-0.3, -0.25) is 4.79 Å². The summed E-state index contributed by atoms with van der Waals surface area (Å²) in [4.78, 5) is 19.8. The Labute approximate surface area is 176 Å². The number of hydrogen-bond donors (Lipinski definition) is 0. The number of amides is 1. The number of fused-ring (bicyclic) bond motifs is 3. The molecule has 150 valence electrons. The van der Waals surface area contributed by atoms with E-state index in [-0.39, 0.29) is 11.8 Å². The number of nitrogens with zero attached hydrogens (tertiary/aromatic N) is 4. The van der Waals surface area contributed by atoms with Gasteiger partial charge in [-0.25, -0.2) is 9.50 Å². The van der Waals surface area contributed by atoms with Gasteiger partial charge in [-0.15, -0.1) is 0 Å². The van der Waals surface area contributed by atoms with Gasteiger partial charge in [0.25, 0.3) is 0 Å². The molecule has 0 saturated heterocycles. The van der Waals surface area contributed by atoms with E-state index in [0.29, 0.717) is 19.5 Å². The van der Waals surface area contributed by atoms with Crippen LogP contribution in [0.5, 0.6) is 0 Å². The minimum atomic E-state index is 0.0515. The second kappa shape index (κ2) is 7.75. The van der Waals surface area contributed by atoms with Gasteiger partial charge in [0.15, 0.2) is 5.65 Å². The third-order valence-electron chi connectivity index (χ3n) is 5.91. The molecule has 0 atom stereocenters. The second-order valence-corrected chi connectivity index (χ2v) is 7.93. The maximum atomic E-state index is 13.3. The van der Waals surface area contributed by atoms with Crippen LogP contribution < -0.4 is 0 Å². The van der Waals surface area contributed by atoms with Gasteiger partial charge in [0, 0.05) is 49.7 Å². The lowest BCUT2D eigenvalue weighted by Gasteiger charge is -2.30. The van der Waals surface area contributed by atoms with Crippen LogP contribution >= 0.6 is 0 Å². The average molecular weight is 396 g/mol. The first-order valence-corrected chi connectivity index (χ1v) is 10.4. The number of aryl methyl sites for hydroxylation is 1. The number of carbonyl (C=O) groups excluding carboxylic acids is 1. The van der Waals surface area contributed by atoms with E-state index in [9.17, 15) is 4.79 Å². The molecule has 4 aromatic rings. The zero-order valence-corrected chi connectivity index (χ0v) is 17.0. The summed E-state index contributed by atoms with van der Waals surface area (Å²) in [5, 5.41) is 4.57. The van der Waals surface area contributed by atoms with Gasteiger partial charge in [0.1, 0.15) is 0 Å². The lowest BCUT2D eigenvalue weighted by molar-refractivity contribution is -0.132. The van der Waals surface area contributed by atoms with Crippen LogP contribution in [-0.2, 0) is 17.8 Å². The number of carbonyl (C=O) groups is 1. The van der Waals surface area contributed by atoms with Crippen molar-refractivity contribution >= 4 is 11.6 Å². The topological polar surface area (TPSA) is 50.5 Å². The van der Waals surface area contributed by atoms with Crippen molar-refractivity contribution in [2.24, 2.45) is 0 Å². The van der Waals surface area contributed by atoms with Crippen molar-refractivity contribution in [3.63, 3.8) is 0 Å². The largest absolute Gasteiger partial charge is 0.338 e. The number of rotatable bonds is 4. The molecular weight excluding hydrogens is 372 g/mol. The molecular formula is C25H24N4O. The third-order valence-corrected chi connectivity index (χ3v) is 5.91. The van der Waals surface area contributed by atoms with E-state index in [1.54, 1.807) is 0 Å². The van der Waals surface area contributed by atoms with Crippen molar-refractivity contribution in [1.82, 2.24) is 19.5 Å². The van der Waals surface area contributed by atoms with Gasteiger partial charge in [0.05, 0.1) is 11.4 Å². The minimum Gasteiger partial charge on any atom is -0.338 e. The highest BCUT2D eigenvalue weighted by Gasteiger charge is 2.26. The van der Waals surface area contributed by atoms with E-state index in [2.05, 4.69) is 34.3 Å². The Morgan fingerprint density at radius 1 is 1.03 bits per heavy atom. The summed E-state index contributed by atoms with van der Waals surface area (Å²) in [6, 6.07) is 22.6. The molecule has 1 amide bonds. The monoisotopic (exact) mass is 396 g/mol. The predicted octanol–water partition coefficient (Wildman–Crippen LogP) is 4.14. The molecule has 2 aromatic carbocycles. The molecule has 1 aliphatic rings. The van der Waals surface area contributed by atoms with E-state index in [4.69, 9.17) is 0 Å². The minimum absolute atomic E-state index is 0.0515. The second-order valence-electron chi connectivity index (χ2n) is 7.93. The van der Waals surface area contributed by atoms with Gasteiger partial charge in [0.2, 0.25) is 5.91 Å².